The van der Waals surface area contributed by atoms with Crippen molar-refractivity contribution in [3.05, 3.63) is 0 Å². The Bertz CT molecular complexity index is 470. The molecule has 0 radical (unpaired) electrons. The summed E-state index contributed by atoms with van der Waals surface area (Å²) in [6.45, 7) is 9.53. The maximum absolute atomic E-state index is 11.8. The molecule has 28 heavy (non-hydrogen) atoms. The topological polar surface area (TPSA) is 69.2 Å². The smallest absolute Gasteiger partial charge is 0.409 e. The summed E-state index contributed by atoms with van der Waals surface area (Å²) >= 11 is 0. The number of carbonyl (C=O) groups excluding carboxylic acids is 1. The Hall–Kier alpha value is -0.770. The quantitative estimate of drug-likeness (QED) is 0.239. The van der Waals surface area contributed by atoms with Crippen LogP contribution >= 0.6 is 24.0 Å². The second-order valence-corrected chi connectivity index (χ2v) is 7.69. The molecule has 1 atom stereocenters. The first kappa shape index (κ1) is 25.3. The third-order valence-corrected chi connectivity index (χ3v) is 5.69. The molecule has 164 valence electrons. The van der Waals surface area contributed by atoms with Gasteiger partial charge in [0.15, 0.2) is 5.96 Å². The zero-order chi connectivity index (χ0) is 19.5. The Morgan fingerprint density at radius 1 is 1.14 bits per heavy atom. The van der Waals surface area contributed by atoms with Gasteiger partial charge in [0, 0.05) is 38.8 Å². The third kappa shape index (κ3) is 8.71. The number of likely N-dealkylation sites (tertiary alicyclic amines) is 2. The second-order valence-electron chi connectivity index (χ2n) is 7.69. The summed E-state index contributed by atoms with van der Waals surface area (Å²) in [5.74, 6) is 0.871. The van der Waals surface area contributed by atoms with E-state index in [0.717, 1.165) is 50.9 Å². The van der Waals surface area contributed by atoms with E-state index >= 15 is 0 Å². The Morgan fingerprint density at radius 3 is 2.54 bits per heavy atom. The van der Waals surface area contributed by atoms with Crippen molar-refractivity contribution in [2.75, 3.05) is 46.4 Å². The van der Waals surface area contributed by atoms with Crippen molar-refractivity contribution in [2.24, 2.45) is 4.99 Å². The van der Waals surface area contributed by atoms with Crippen molar-refractivity contribution in [1.29, 1.82) is 0 Å². The Labute approximate surface area is 188 Å². The molecule has 8 heteroatoms. The van der Waals surface area contributed by atoms with Crippen molar-refractivity contribution in [2.45, 2.75) is 70.9 Å². The SMILES string of the molecule is CCOC(=O)N1CCC(NC(=NC)NCCCCN2CCCCC2C)CC1.I. The van der Waals surface area contributed by atoms with Crippen LogP contribution in [0.25, 0.3) is 0 Å². The van der Waals surface area contributed by atoms with Crippen LogP contribution in [-0.4, -0.2) is 80.3 Å². The molecular weight excluding hydrogens is 469 g/mol. The molecule has 0 aromatic heterocycles. The van der Waals surface area contributed by atoms with E-state index in [1.54, 1.807) is 4.90 Å². The fraction of sp³-hybridized carbons (Fsp3) is 0.900. The van der Waals surface area contributed by atoms with Gasteiger partial charge in [0.2, 0.25) is 0 Å². The van der Waals surface area contributed by atoms with Gasteiger partial charge < -0.3 is 25.2 Å². The van der Waals surface area contributed by atoms with E-state index in [0.29, 0.717) is 12.6 Å². The highest BCUT2D eigenvalue weighted by Crippen LogP contribution is 2.16. The molecule has 0 bridgehead atoms. The maximum atomic E-state index is 11.8. The van der Waals surface area contributed by atoms with E-state index in [1.165, 1.54) is 38.8 Å². The van der Waals surface area contributed by atoms with Crippen molar-refractivity contribution in [1.82, 2.24) is 20.4 Å². The van der Waals surface area contributed by atoms with Gasteiger partial charge in [0.1, 0.15) is 0 Å². The van der Waals surface area contributed by atoms with E-state index in [1.807, 2.05) is 14.0 Å². The van der Waals surface area contributed by atoms with Gasteiger partial charge in [-0.3, -0.25) is 4.99 Å². The van der Waals surface area contributed by atoms with Gasteiger partial charge in [-0.05, 0) is 65.5 Å². The summed E-state index contributed by atoms with van der Waals surface area (Å²) in [5.41, 5.74) is 0. The van der Waals surface area contributed by atoms with E-state index < -0.39 is 0 Å². The summed E-state index contributed by atoms with van der Waals surface area (Å²) in [5, 5.41) is 6.93. The second kappa shape index (κ2) is 14.3. The van der Waals surface area contributed by atoms with E-state index in [4.69, 9.17) is 4.74 Å². The minimum Gasteiger partial charge on any atom is -0.450 e. The first-order chi connectivity index (χ1) is 13.1. The van der Waals surface area contributed by atoms with Crippen LogP contribution in [-0.2, 0) is 4.74 Å². The van der Waals surface area contributed by atoms with Crippen LogP contribution in [0.4, 0.5) is 4.79 Å². The number of piperidine rings is 2. The monoisotopic (exact) mass is 509 g/mol. The zero-order valence-electron chi connectivity index (χ0n) is 17.9. The lowest BCUT2D eigenvalue weighted by Gasteiger charge is -2.33. The number of amides is 1. The predicted molar refractivity (Wildman–Crippen MR) is 126 cm³/mol. The van der Waals surface area contributed by atoms with Crippen LogP contribution in [0.2, 0.25) is 0 Å². The van der Waals surface area contributed by atoms with Crippen LogP contribution in [0.15, 0.2) is 4.99 Å². The molecule has 7 nitrogen and oxygen atoms in total. The standard InChI is InChI=1S/C20H39N5O2.HI/c1-4-27-20(26)25-15-10-18(11-16-25)23-19(21-3)22-12-6-8-14-24-13-7-5-9-17(24)2;/h17-18H,4-16H2,1-3H3,(H2,21,22,23);1H. The molecule has 1 amide bonds. The average molecular weight is 509 g/mol. The number of halogens is 1. The van der Waals surface area contributed by atoms with Crippen molar-refractivity contribution < 1.29 is 9.53 Å². The largest absolute Gasteiger partial charge is 0.450 e. The molecule has 2 saturated heterocycles. The maximum Gasteiger partial charge on any atom is 0.409 e. The Kier molecular flexibility index (Phi) is 12.9. The number of carbonyl (C=O) groups is 1. The lowest BCUT2D eigenvalue weighted by Crippen LogP contribution is -2.50. The highest BCUT2D eigenvalue weighted by molar-refractivity contribution is 14.0. The van der Waals surface area contributed by atoms with Crippen molar-refractivity contribution in [3.8, 4) is 0 Å². The minimum absolute atomic E-state index is 0. The van der Waals surface area contributed by atoms with Crippen molar-refractivity contribution in [3.63, 3.8) is 0 Å². The van der Waals surface area contributed by atoms with Gasteiger partial charge in [-0.1, -0.05) is 6.42 Å². The summed E-state index contributed by atoms with van der Waals surface area (Å²) in [6, 6.07) is 1.11. The fourth-order valence-corrected chi connectivity index (χ4v) is 3.95. The van der Waals surface area contributed by atoms with Crippen LogP contribution in [0.1, 0.15) is 58.8 Å². The molecule has 0 aromatic rings. The lowest BCUT2D eigenvalue weighted by atomic mass is 10.0. The first-order valence-corrected chi connectivity index (χ1v) is 10.8. The number of hydrogen-bond acceptors (Lipinski definition) is 4. The van der Waals surface area contributed by atoms with Gasteiger partial charge in [-0.15, -0.1) is 24.0 Å². The highest BCUT2D eigenvalue weighted by atomic mass is 127. The molecular formula is C20H40IN5O2. The van der Waals surface area contributed by atoms with Crippen LogP contribution < -0.4 is 10.6 Å². The summed E-state index contributed by atoms with van der Waals surface area (Å²) < 4.78 is 5.07. The zero-order valence-corrected chi connectivity index (χ0v) is 20.2. The summed E-state index contributed by atoms with van der Waals surface area (Å²) in [7, 11) is 1.82. The Morgan fingerprint density at radius 2 is 1.89 bits per heavy atom. The average Bonchev–Trinajstić information content (AvgIpc) is 2.68. The molecule has 0 aliphatic carbocycles. The number of unbranched alkanes of at least 4 members (excludes halogenated alkanes) is 1. The van der Waals surface area contributed by atoms with Crippen LogP contribution in [0.5, 0.6) is 0 Å². The number of nitrogens with one attached hydrogen (secondary N) is 2. The van der Waals surface area contributed by atoms with Gasteiger partial charge in [-0.2, -0.15) is 0 Å². The highest BCUT2D eigenvalue weighted by Gasteiger charge is 2.24. The molecule has 2 fully saturated rings. The Balaban J connectivity index is 0.00000392. The van der Waals surface area contributed by atoms with Crippen LogP contribution in [0.3, 0.4) is 0 Å². The molecule has 2 heterocycles. The fourth-order valence-electron chi connectivity index (χ4n) is 3.95. The predicted octanol–water partition coefficient (Wildman–Crippen LogP) is 3.04. The minimum atomic E-state index is -0.193. The van der Waals surface area contributed by atoms with E-state index in [2.05, 4.69) is 27.4 Å². The molecule has 2 aliphatic rings. The molecule has 2 aliphatic heterocycles. The van der Waals surface area contributed by atoms with E-state index in [-0.39, 0.29) is 30.1 Å². The number of ether oxygens (including phenoxy) is 1. The number of nitrogens with zero attached hydrogens (tertiary/aromatic N) is 3. The summed E-state index contributed by atoms with van der Waals surface area (Å²) in [6.07, 6.45) is 8.13. The van der Waals surface area contributed by atoms with Gasteiger partial charge in [-0.25, -0.2) is 4.79 Å². The van der Waals surface area contributed by atoms with E-state index in [9.17, 15) is 4.79 Å². The lowest BCUT2D eigenvalue weighted by molar-refractivity contribution is 0.0963. The summed E-state index contributed by atoms with van der Waals surface area (Å²) in [4.78, 5) is 20.5. The van der Waals surface area contributed by atoms with Gasteiger partial charge >= 0.3 is 6.09 Å². The molecule has 0 spiro atoms. The molecule has 0 aromatic carbocycles. The third-order valence-electron chi connectivity index (χ3n) is 5.69. The molecule has 0 saturated carbocycles. The number of guanidine groups is 1. The van der Waals surface area contributed by atoms with Gasteiger partial charge in [0.25, 0.3) is 0 Å². The number of hydrogen-bond donors (Lipinski definition) is 2. The van der Waals surface area contributed by atoms with Crippen molar-refractivity contribution >= 4 is 36.0 Å². The van der Waals surface area contributed by atoms with Gasteiger partial charge in [0.05, 0.1) is 6.61 Å². The number of aliphatic imine (C=N–C) groups is 1. The first-order valence-electron chi connectivity index (χ1n) is 10.8. The molecule has 2 N–H and O–H groups in total. The molecule has 1 unspecified atom stereocenters. The normalized spacial score (nSPS) is 21.8. The molecule has 2 rings (SSSR count). The van der Waals surface area contributed by atoms with Crippen LogP contribution in [0, 0.1) is 0 Å². The number of rotatable bonds is 7.